The van der Waals surface area contributed by atoms with Crippen LogP contribution in [0.15, 0.2) is 4.99 Å². The summed E-state index contributed by atoms with van der Waals surface area (Å²) in [4.78, 5) is 6.96. The summed E-state index contributed by atoms with van der Waals surface area (Å²) in [5.74, 6) is 0.905. The topological polar surface area (TPSA) is 39.7 Å². The van der Waals surface area contributed by atoms with E-state index in [4.69, 9.17) is 0 Å². The van der Waals surface area contributed by atoms with Gasteiger partial charge in [-0.15, -0.1) is 0 Å². The summed E-state index contributed by atoms with van der Waals surface area (Å²) in [6, 6.07) is 0.623. The van der Waals surface area contributed by atoms with Gasteiger partial charge in [-0.2, -0.15) is 0 Å². The minimum absolute atomic E-state index is 0.0453. The van der Waals surface area contributed by atoms with Crippen LogP contribution in [0.1, 0.15) is 48.0 Å². The average Bonchev–Trinajstić information content (AvgIpc) is 2.25. The van der Waals surface area contributed by atoms with E-state index in [1.54, 1.807) is 0 Å². The molecule has 0 aliphatic carbocycles. The Bertz CT molecular complexity index is 243. The third kappa shape index (κ3) is 8.34. The fraction of sp³-hybridized carbons (Fsp3) is 0.929. The van der Waals surface area contributed by atoms with Crippen molar-refractivity contribution < 1.29 is 0 Å². The average molecular weight is 256 g/mol. The minimum Gasteiger partial charge on any atom is -0.357 e. The van der Waals surface area contributed by atoms with Crippen molar-refractivity contribution in [1.82, 2.24) is 15.5 Å². The second kappa shape index (κ2) is 8.35. The summed E-state index contributed by atoms with van der Waals surface area (Å²) in [6.07, 6.45) is 1.18. The van der Waals surface area contributed by atoms with Crippen LogP contribution >= 0.6 is 0 Å². The van der Waals surface area contributed by atoms with Crippen LogP contribution in [0.25, 0.3) is 0 Å². The van der Waals surface area contributed by atoms with Gasteiger partial charge in [0.2, 0.25) is 0 Å². The van der Waals surface area contributed by atoms with E-state index in [-0.39, 0.29) is 5.54 Å². The highest BCUT2D eigenvalue weighted by molar-refractivity contribution is 5.80. The van der Waals surface area contributed by atoms with E-state index in [1.165, 1.54) is 6.42 Å². The zero-order chi connectivity index (χ0) is 14.2. The number of rotatable bonds is 6. The molecule has 0 aromatic carbocycles. The van der Waals surface area contributed by atoms with E-state index in [0.717, 1.165) is 25.6 Å². The molecule has 0 aliphatic rings. The smallest absolute Gasteiger partial charge is 0.191 e. The molecule has 4 heteroatoms. The van der Waals surface area contributed by atoms with E-state index in [2.05, 4.69) is 69.1 Å². The normalized spacial score (nSPS) is 14.8. The molecular weight excluding hydrogens is 224 g/mol. The third-order valence-corrected chi connectivity index (χ3v) is 2.90. The molecule has 0 saturated heterocycles. The predicted octanol–water partition coefficient (Wildman–Crippen LogP) is 2.07. The van der Waals surface area contributed by atoms with Crippen LogP contribution in [0.2, 0.25) is 0 Å². The number of hydrogen-bond acceptors (Lipinski definition) is 2. The summed E-state index contributed by atoms with van der Waals surface area (Å²) < 4.78 is 0. The van der Waals surface area contributed by atoms with Crippen molar-refractivity contribution in [2.75, 3.05) is 26.7 Å². The largest absolute Gasteiger partial charge is 0.357 e. The highest BCUT2D eigenvalue weighted by Crippen LogP contribution is 2.00. The maximum Gasteiger partial charge on any atom is 0.191 e. The van der Waals surface area contributed by atoms with Crippen LogP contribution in [-0.4, -0.2) is 49.1 Å². The molecule has 0 saturated carbocycles. The van der Waals surface area contributed by atoms with Gasteiger partial charge in [-0.3, -0.25) is 4.99 Å². The van der Waals surface area contributed by atoms with Gasteiger partial charge in [0.1, 0.15) is 0 Å². The van der Waals surface area contributed by atoms with Crippen molar-refractivity contribution in [2.45, 2.75) is 59.5 Å². The van der Waals surface area contributed by atoms with Gasteiger partial charge in [0.05, 0.1) is 6.54 Å². The second-order valence-electron chi connectivity index (χ2n) is 5.87. The molecule has 0 aromatic rings. The number of hydrogen-bond donors (Lipinski definition) is 2. The first-order valence-electron chi connectivity index (χ1n) is 7.06. The molecule has 0 spiro atoms. The summed E-state index contributed by atoms with van der Waals surface area (Å²) in [5, 5.41) is 6.67. The number of guanidine groups is 1. The zero-order valence-electron chi connectivity index (χ0n) is 13.3. The lowest BCUT2D eigenvalue weighted by Gasteiger charge is -2.25. The number of aliphatic imine (C=N–C) groups is 1. The molecule has 1 atom stereocenters. The number of nitrogens with zero attached hydrogens (tertiary/aromatic N) is 2. The maximum atomic E-state index is 4.61. The second-order valence-corrected chi connectivity index (χ2v) is 5.87. The Hall–Kier alpha value is -0.770. The molecule has 0 heterocycles. The predicted molar refractivity (Wildman–Crippen MR) is 81.3 cm³/mol. The van der Waals surface area contributed by atoms with Gasteiger partial charge in [-0.05, 0) is 48.1 Å². The molecule has 0 bridgehead atoms. The van der Waals surface area contributed by atoms with Crippen LogP contribution in [-0.2, 0) is 0 Å². The van der Waals surface area contributed by atoms with Crippen molar-refractivity contribution in [2.24, 2.45) is 4.99 Å². The lowest BCUT2D eigenvalue weighted by molar-refractivity contribution is 0.259. The number of likely N-dealkylation sites (N-methyl/N-ethyl adjacent to an activating group) is 1. The van der Waals surface area contributed by atoms with Gasteiger partial charge in [0.15, 0.2) is 5.96 Å². The van der Waals surface area contributed by atoms with E-state index < -0.39 is 0 Å². The molecule has 0 aliphatic heterocycles. The van der Waals surface area contributed by atoms with Crippen molar-refractivity contribution in [3.05, 3.63) is 0 Å². The Labute approximate surface area is 113 Å². The first-order valence-corrected chi connectivity index (χ1v) is 7.06. The first-order chi connectivity index (χ1) is 8.30. The fourth-order valence-electron chi connectivity index (χ4n) is 1.51. The van der Waals surface area contributed by atoms with Crippen molar-refractivity contribution >= 4 is 5.96 Å². The Kier molecular flexibility index (Phi) is 8.00. The summed E-state index contributed by atoms with van der Waals surface area (Å²) in [7, 11) is 2.16. The fourth-order valence-corrected chi connectivity index (χ4v) is 1.51. The number of nitrogens with one attached hydrogen (secondary N) is 2. The Balaban J connectivity index is 4.24. The zero-order valence-corrected chi connectivity index (χ0v) is 13.3. The molecule has 0 rings (SSSR count). The van der Waals surface area contributed by atoms with Gasteiger partial charge < -0.3 is 15.5 Å². The van der Waals surface area contributed by atoms with E-state index in [9.17, 15) is 0 Å². The molecule has 2 N–H and O–H groups in total. The molecule has 4 nitrogen and oxygen atoms in total. The Morgan fingerprint density at radius 2 is 1.89 bits per heavy atom. The summed E-state index contributed by atoms with van der Waals surface area (Å²) >= 11 is 0. The Morgan fingerprint density at radius 1 is 1.28 bits per heavy atom. The molecule has 0 amide bonds. The van der Waals surface area contributed by atoms with Gasteiger partial charge in [0.25, 0.3) is 0 Å². The first kappa shape index (κ1) is 17.2. The lowest BCUT2D eigenvalue weighted by atomic mass is 10.1. The molecular formula is C14H32N4. The lowest BCUT2D eigenvalue weighted by Crippen LogP contribution is -2.47. The van der Waals surface area contributed by atoms with E-state index in [0.29, 0.717) is 6.04 Å². The highest BCUT2D eigenvalue weighted by atomic mass is 15.2. The molecule has 18 heavy (non-hydrogen) atoms. The molecule has 0 fully saturated rings. The van der Waals surface area contributed by atoms with E-state index >= 15 is 0 Å². The summed E-state index contributed by atoms with van der Waals surface area (Å²) in [6.45, 7) is 15.7. The van der Waals surface area contributed by atoms with E-state index in [1.807, 2.05) is 0 Å². The molecule has 0 aromatic heterocycles. The van der Waals surface area contributed by atoms with Crippen molar-refractivity contribution in [1.29, 1.82) is 0 Å². The summed E-state index contributed by atoms with van der Waals surface area (Å²) in [5.41, 5.74) is 0.0453. The molecule has 1 unspecified atom stereocenters. The molecule has 0 radical (unpaired) electrons. The van der Waals surface area contributed by atoms with Crippen molar-refractivity contribution in [3.63, 3.8) is 0 Å². The van der Waals surface area contributed by atoms with Crippen LogP contribution in [0.3, 0.4) is 0 Å². The van der Waals surface area contributed by atoms with Gasteiger partial charge in [-0.1, -0.05) is 6.92 Å². The monoisotopic (exact) mass is 256 g/mol. The standard InChI is InChI=1S/C14H32N4/c1-8-12(3)18(7)11-10-16-13(15-9-2)17-14(4,5)6/h12H,8-11H2,1-7H3,(H2,15,16,17). The van der Waals surface area contributed by atoms with Gasteiger partial charge in [0, 0.05) is 24.7 Å². The maximum absolute atomic E-state index is 4.61. The highest BCUT2D eigenvalue weighted by Gasteiger charge is 2.11. The Morgan fingerprint density at radius 3 is 2.33 bits per heavy atom. The van der Waals surface area contributed by atoms with Crippen LogP contribution in [0.4, 0.5) is 0 Å². The minimum atomic E-state index is 0.0453. The van der Waals surface area contributed by atoms with Crippen molar-refractivity contribution in [3.8, 4) is 0 Å². The molecule has 108 valence electrons. The quantitative estimate of drug-likeness (QED) is 0.564. The SMILES string of the molecule is CCNC(=NCCN(C)C(C)CC)NC(C)(C)C. The van der Waals surface area contributed by atoms with Crippen LogP contribution in [0.5, 0.6) is 0 Å². The third-order valence-electron chi connectivity index (χ3n) is 2.90. The van der Waals surface area contributed by atoms with Gasteiger partial charge >= 0.3 is 0 Å². The van der Waals surface area contributed by atoms with Gasteiger partial charge in [-0.25, -0.2) is 0 Å². The van der Waals surface area contributed by atoms with Crippen LogP contribution in [0, 0.1) is 0 Å². The van der Waals surface area contributed by atoms with Crippen LogP contribution < -0.4 is 10.6 Å².